The summed E-state index contributed by atoms with van der Waals surface area (Å²) in [4.78, 5) is 20.1. The van der Waals surface area contributed by atoms with Crippen molar-refractivity contribution in [1.29, 1.82) is 0 Å². The minimum absolute atomic E-state index is 0.149. The quantitative estimate of drug-likeness (QED) is 0.616. The van der Waals surface area contributed by atoms with Crippen molar-refractivity contribution in [3.05, 3.63) is 46.4 Å². The molecule has 28 heavy (non-hydrogen) atoms. The zero-order valence-corrected chi connectivity index (χ0v) is 15.3. The Morgan fingerprint density at radius 2 is 1.79 bits per heavy atom. The van der Waals surface area contributed by atoms with Crippen molar-refractivity contribution >= 4 is 32.4 Å². The average Bonchev–Trinajstić information content (AvgIpc) is 3.07. The fourth-order valence-corrected chi connectivity index (χ4v) is 4.16. The molecule has 3 heterocycles. The van der Waals surface area contributed by atoms with Crippen LogP contribution in [0.4, 0.5) is 28.4 Å². The van der Waals surface area contributed by atoms with Gasteiger partial charge < -0.3 is 9.80 Å². The molecule has 0 bridgehead atoms. The molecule has 1 aromatic carbocycles. The molecule has 11 heteroatoms. The van der Waals surface area contributed by atoms with Gasteiger partial charge in [-0.1, -0.05) is 11.3 Å². The lowest BCUT2D eigenvalue weighted by Crippen LogP contribution is -2.47. The first-order valence-corrected chi connectivity index (χ1v) is 9.33. The van der Waals surface area contributed by atoms with E-state index in [0.29, 0.717) is 41.7 Å². The number of anilines is 2. The minimum atomic E-state index is -2.65. The van der Waals surface area contributed by atoms with E-state index in [4.69, 9.17) is 0 Å². The Bertz CT molecular complexity index is 1060. The van der Waals surface area contributed by atoms with Crippen molar-refractivity contribution in [1.82, 2.24) is 14.8 Å². The molecule has 6 nitrogen and oxygen atoms in total. The Labute approximate surface area is 160 Å². The Morgan fingerprint density at radius 3 is 2.46 bits per heavy atom. The van der Waals surface area contributed by atoms with Gasteiger partial charge in [-0.05, 0) is 6.07 Å². The molecule has 0 unspecified atom stereocenters. The highest BCUT2D eigenvalue weighted by molar-refractivity contribution is 7.22. The molecule has 1 saturated heterocycles. The monoisotopic (exact) mass is 413 g/mol. The van der Waals surface area contributed by atoms with Gasteiger partial charge in [-0.25, -0.2) is 27.2 Å². The molecule has 1 fully saturated rings. The SMILES string of the molecule is O=c1cc(N2CCN(c3nc4c(F)cc(F)cc4s3)CC2)cnn1CC(F)F. The van der Waals surface area contributed by atoms with E-state index in [1.165, 1.54) is 29.7 Å². The average molecular weight is 413 g/mol. The number of hydrogen-bond donors (Lipinski definition) is 0. The minimum Gasteiger partial charge on any atom is -0.367 e. The molecule has 0 amide bonds. The van der Waals surface area contributed by atoms with Crippen molar-refractivity contribution in [2.75, 3.05) is 36.0 Å². The van der Waals surface area contributed by atoms with Gasteiger partial charge >= 0.3 is 0 Å². The molecule has 4 rings (SSSR count). The van der Waals surface area contributed by atoms with Crippen LogP contribution in [0.25, 0.3) is 10.2 Å². The number of halogens is 4. The summed E-state index contributed by atoms with van der Waals surface area (Å²) in [6, 6.07) is 3.36. The van der Waals surface area contributed by atoms with Gasteiger partial charge in [0.2, 0.25) is 0 Å². The van der Waals surface area contributed by atoms with Crippen LogP contribution >= 0.6 is 11.3 Å². The summed E-state index contributed by atoms with van der Waals surface area (Å²) in [5, 5.41) is 4.40. The van der Waals surface area contributed by atoms with E-state index < -0.39 is 30.2 Å². The van der Waals surface area contributed by atoms with Crippen LogP contribution in [0.3, 0.4) is 0 Å². The van der Waals surface area contributed by atoms with E-state index in [2.05, 4.69) is 10.1 Å². The Balaban J connectivity index is 1.47. The van der Waals surface area contributed by atoms with Crippen LogP contribution in [-0.2, 0) is 6.54 Å². The number of rotatable bonds is 4. The molecule has 0 aliphatic carbocycles. The van der Waals surface area contributed by atoms with Crippen LogP contribution < -0.4 is 15.4 Å². The highest BCUT2D eigenvalue weighted by Crippen LogP contribution is 2.31. The van der Waals surface area contributed by atoms with Crippen molar-refractivity contribution < 1.29 is 17.6 Å². The summed E-state index contributed by atoms with van der Waals surface area (Å²) in [6.45, 7) is 1.48. The van der Waals surface area contributed by atoms with Gasteiger partial charge in [0.15, 0.2) is 10.9 Å². The fraction of sp³-hybridized carbons (Fsp3) is 0.353. The molecule has 0 spiro atoms. The van der Waals surface area contributed by atoms with Gasteiger partial charge in [0.25, 0.3) is 12.0 Å². The number of aromatic nitrogens is 3. The first-order chi connectivity index (χ1) is 13.4. The van der Waals surface area contributed by atoms with Crippen LogP contribution in [-0.4, -0.2) is 47.4 Å². The Hall–Kier alpha value is -2.69. The normalized spacial score (nSPS) is 15.0. The van der Waals surface area contributed by atoms with E-state index in [-0.39, 0.29) is 5.52 Å². The lowest BCUT2D eigenvalue weighted by Gasteiger charge is -2.35. The highest BCUT2D eigenvalue weighted by atomic mass is 32.1. The van der Waals surface area contributed by atoms with Crippen LogP contribution in [0.2, 0.25) is 0 Å². The van der Waals surface area contributed by atoms with Crippen molar-refractivity contribution in [2.24, 2.45) is 0 Å². The van der Waals surface area contributed by atoms with Gasteiger partial charge in [-0.3, -0.25) is 4.79 Å². The number of hydrogen-bond acceptors (Lipinski definition) is 6. The molecule has 148 valence electrons. The van der Waals surface area contributed by atoms with E-state index in [9.17, 15) is 22.4 Å². The smallest absolute Gasteiger partial charge is 0.269 e. The molecule has 0 saturated carbocycles. The summed E-state index contributed by atoms with van der Waals surface area (Å²) in [5.41, 5.74) is 0.132. The maximum Gasteiger partial charge on any atom is 0.269 e. The molecule has 1 aliphatic rings. The Morgan fingerprint density at radius 1 is 1.07 bits per heavy atom. The Kier molecular flexibility index (Phi) is 4.92. The van der Waals surface area contributed by atoms with E-state index in [1.807, 2.05) is 9.80 Å². The summed E-state index contributed by atoms with van der Waals surface area (Å²) < 4.78 is 53.2. The maximum atomic E-state index is 13.9. The second-order valence-corrected chi connectivity index (χ2v) is 7.34. The summed E-state index contributed by atoms with van der Waals surface area (Å²) >= 11 is 1.22. The van der Waals surface area contributed by atoms with Gasteiger partial charge in [-0.15, -0.1) is 0 Å². The molecule has 1 aliphatic heterocycles. The van der Waals surface area contributed by atoms with Crippen LogP contribution in [0, 0.1) is 11.6 Å². The predicted octanol–water partition coefficient (Wildman–Crippen LogP) is 2.72. The van der Waals surface area contributed by atoms with Crippen molar-refractivity contribution in [2.45, 2.75) is 13.0 Å². The third-order valence-corrected chi connectivity index (χ3v) is 5.55. The molecule has 0 N–H and O–H groups in total. The number of nitrogens with zero attached hydrogens (tertiary/aromatic N) is 5. The second kappa shape index (κ2) is 7.38. The van der Waals surface area contributed by atoms with E-state index in [0.717, 1.165) is 10.7 Å². The topological polar surface area (TPSA) is 54.3 Å². The number of thiazole rings is 1. The number of fused-ring (bicyclic) bond motifs is 1. The molecular weight excluding hydrogens is 398 g/mol. The zero-order chi connectivity index (χ0) is 19.8. The zero-order valence-electron chi connectivity index (χ0n) is 14.5. The fourth-order valence-electron chi connectivity index (χ4n) is 3.10. The third-order valence-electron chi connectivity index (χ3n) is 4.48. The van der Waals surface area contributed by atoms with Gasteiger partial charge in [0.05, 0.1) is 16.6 Å². The summed E-state index contributed by atoms with van der Waals surface area (Å²) in [7, 11) is 0. The van der Waals surface area contributed by atoms with Gasteiger partial charge in [0.1, 0.15) is 17.9 Å². The lowest BCUT2D eigenvalue weighted by atomic mass is 10.3. The molecule has 2 aromatic heterocycles. The summed E-state index contributed by atoms with van der Waals surface area (Å²) in [6.07, 6.45) is -1.25. The summed E-state index contributed by atoms with van der Waals surface area (Å²) in [5.74, 6) is -1.33. The van der Waals surface area contributed by atoms with Crippen LogP contribution in [0.1, 0.15) is 0 Å². The first kappa shape index (κ1) is 18.7. The highest BCUT2D eigenvalue weighted by Gasteiger charge is 2.22. The van der Waals surface area contributed by atoms with Crippen LogP contribution in [0.5, 0.6) is 0 Å². The number of benzene rings is 1. The molecular formula is C17H15F4N5OS. The third kappa shape index (κ3) is 3.66. The van der Waals surface area contributed by atoms with Gasteiger partial charge in [-0.2, -0.15) is 5.10 Å². The molecule has 0 radical (unpaired) electrons. The lowest BCUT2D eigenvalue weighted by molar-refractivity contribution is 0.119. The largest absolute Gasteiger partial charge is 0.367 e. The second-order valence-electron chi connectivity index (χ2n) is 6.33. The maximum absolute atomic E-state index is 13.9. The number of piperazine rings is 1. The molecule has 0 atom stereocenters. The number of alkyl halides is 2. The van der Waals surface area contributed by atoms with E-state index in [1.54, 1.807) is 0 Å². The first-order valence-electron chi connectivity index (χ1n) is 8.51. The predicted molar refractivity (Wildman–Crippen MR) is 98.5 cm³/mol. The standard InChI is InChI=1S/C17H15F4N5OS/c18-10-5-12(19)16-13(6-10)28-17(23-16)25-3-1-24(2-4-25)11-7-15(27)26(22-8-11)9-14(20)21/h5-8,14H,1-4,9H2. The van der Waals surface area contributed by atoms with Crippen molar-refractivity contribution in [3.63, 3.8) is 0 Å². The molecule has 3 aromatic rings. The van der Waals surface area contributed by atoms with Crippen LogP contribution in [0.15, 0.2) is 29.2 Å². The van der Waals surface area contributed by atoms with Crippen molar-refractivity contribution in [3.8, 4) is 0 Å². The van der Waals surface area contributed by atoms with Gasteiger partial charge in [0, 0.05) is 38.3 Å². The van der Waals surface area contributed by atoms with E-state index >= 15 is 0 Å².